The molecule has 2 aliphatic heterocycles. The smallest absolute Gasteiger partial charge is 0.338 e. The summed E-state index contributed by atoms with van der Waals surface area (Å²) < 4.78 is 27.0. The van der Waals surface area contributed by atoms with E-state index in [1.54, 1.807) is 32.9 Å². The lowest BCUT2D eigenvalue weighted by molar-refractivity contribution is -0.139. The average Bonchev–Trinajstić information content (AvgIpc) is 3.11. The molecular weight excluding hydrogens is 464 g/mol. The zero-order valence-electron chi connectivity index (χ0n) is 19.9. The Labute approximate surface area is 202 Å². The number of hydrogen-bond donors (Lipinski definition) is 1. The van der Waals surface area contributed by atoms with Crippen molar-refractivity contribution in [3.63, 3.8) is 0 Å². The normalized spacial score (nSPS) is 19.7. The fourth-order valence-electron chi connectivity index (χ4n) is 3.95. The van der Waals surface area contributed by atoms with E-state index in [1.165, 1.54) is 38.0 Å². The van der Waals surface area contributed by atoms with Crippen molar-refractivity contribution < 1.29 is 38.1 Å². The third-order valence-electron chi connectivity index (χ3n) is 5.40. The second kappa shape index (κ2) is 10.3. The highest BCUT2D eigenvalue weighted by Crippen LogP contribution is 2.51. The zero-order chi connectivity index (χ0) is 25.2. The van der Waals surface area contributed by atoms with E-state index in [2.05, 4.69) is 0 Å². The van der Waals surface area contributed by atoms with Crippen LogP contribution in [0.15, 0.2) is 34.1 Å². The number of ether oxygens (including phenoxy) is 5. The highest BCUT2D eigenvalue weighted by atomic mass is 32.2. The Kier molecular flexibility index (Phi) is 7.65. The molecule has 10 nitrogen and oxygen atoms in total. The molecule has 0 saturated carbocycles. The minimum Gasteiger partial charge on any atom is -0.493 e. The predicted molar refractivity (Wildman–Crippen MR) is 124 cm³/mol. The van der Waals surface area contributed by atoms with Crippen LogP contribution in [-0.4, -0.2) is 62.5 Å². The number of nitrogens with two attached hydrogens (primary N) is 1. The number of hydrogen-bond acceptors (Lipinski definition) is 10. The monoisotopic (exact) mass is 492 g/mol. The summed E-state index contributed by atoms with van der Waals surface area (Å²) in [5.41, 5.74) is 6.91. The van der Waals surface area contributed by atoms with Crippen LogP contribution in [0.4, 0.5) is 0 Å². The molecule has 1 aromatic carbocycles. The number of thioether (sulfide) groups is 1. The van der Waals surface area contributed by atoms with Crippen LogP contribution in [0.5, 0.6) is 17.2 Å². The molecule has 1 aromatic rings. The van der Waals surface area contributed by atoms with Crippen molar-refractivity contribution in [1.82, 2.24) is 4.90 Å². The first-order chi connectivity index (χ1) is 16.2. The van der Waals surface area contributed by atoms with Gasteiger partial charge >= 0.3 is 11.9 Å². The van der Waals surface area contributed by atoms with Crippen LogP contribution in [0.1, 0.15) is 32.3 Å². The van der Waals surface area contributed by atoms with Gasteiger partial charge in [0.25, 0.3) is 0 Å². The molecule has 184 valence electrons. The SMILES string of the molecule is CCOC(=O)C1=C(N)N2C(=O)[C@H](C)SC2=C(C(=O)OCC)[C@H]1c1cc(OC)c(OC)c(OC)c1. The van der Waals surface area contributed by atoms with E-state index in [0.717, 1.165) is 0 Å². The molecule has 11 heteroatoms. The molecule has 1 amide bonds. The zero-order valence-corrected chi connectivity index (χ0v) is 20.7. The van der Waals surface area contributed by atoms with Gasteiger partial charge in [0.1, 0.15) is 5.82 Å². The number of esters is 2. The molecule has 2 N–H and O–H groups in total. The van der Waals surface area contributed by atoms with Crippen LogP contribution in [0.2, 0.25) is 0 Å². The third-order valence-corrected chi connectivity index (χ3v) is 6.58. The largest absolute Gasteiger partial charge is 0.493 e. The van der Waals surface area contributed by atoms with Crippen LogP contribution in [0.3, 0.4) is 0 Å². The molecule has 34 heavy (non-hydrogen) atoms. The summed E-state index contributed by atoms with van der Waals surface area (Å²) in [5.74, 6) is -1.90. The van der Waals surface area contributed by atoms with Gasteiger partial charge in [-0.05, 0) is 38.5 Å². The Morgan fingerprint density at radius 2 is 1.50 bits per heavy atom. The minimum absolute atomic E-state index is 0.0500. The van der Waals surface area contributed by atoms with Gasteiger partial charge in [0.05, 0.1) is 61.9 Å². The fourth-order valence-corrected chi connectivity index (χ4v) is 5.11. The van der Waals surface area contributed by atoms with Crippen molar-refractivity contribution in [3.8, 4) is 17.2 Å². The number of nitrogens with zero attached hydrogens (tertiary/aromatic N) is 1. The fraction of sp³-hybridized carbons (Fsp3) is 0.435. The van der Waals surface area contributed by atoms with E-state index in [4.69, 9.17) is 29.4 Å². The van der Waals surface area contributed by atoms with Gasteiger partial charge < -0.3 is 29.4 Å². The van der Waals surface area contributed by atoms with Crippen molar-refractivity contribution in [1.29, 1.82) is 0 Å². The lowest BCUT2D eigenvalue weighted by Gasteiger charge is -2.33. The standard InChI is InChI=1S/C23H28N2O8S/c1-7-32-22(27)16-15(12-9-13(29-4)18(31-6)14(10-12)30-5)17(23(28)33-8-2)21-25(19(16)24)20(26)11(3)34-21/h9-11,15H,7-8,24H2,1-6H3/t11-,15-/m0/s1. The second-order valence-electron chi connectivity index (χ2n) is 7.28. The van der Waals surface area contributed by atoms with Gasteiger partial charge in [0, 0.05) is 0 Å². The van der Waals surface area contributed by atoms with Crippen molar-refractivity contribution in [2.75, 3.05) is 34.5 Å². The lowest BCUT2D eigenvalue weighted by atomic mass is 9.82. The molecule has 0 radical (unpaired) electrons. The summed E-state index contributed by atoms with van der Waals surface area (Å²) in [6.45, 7) is 5.19. The summed E-state index contributed by atoms with van der Waals surface area (Å²) in [5, 5.41) is -0.194. The number of benzene rings is 1. The molecule has 0 aliphatic carbocycles. The van der Waals surface area contributed by atoms with Crippen LogP contribution >= 0.6 is 11.8 Å². The number of carbonyl (C=O) groups excluding carboxylic acids is 3. The molecule has 2 atom stereocenters. The second-order valence-corrected chi connectivity index (χ2v) is 8.61. The van der Waals surface area contributed by atoms with E-state index in [0.29, 0.717) is 27.8 Å². The van der Waals surface area contributed by atoms with Crippen molar-refractivity contribution in [2.45, 2.75) is 31.9 Å². The molecule has 0 bridgehead atoms. The van der Waals surface area contributed by atoms with Crippen LogP contribution in [0.25, 0.3) is 0 Å². The van der Waals surface area contributed by atoms with E-state index in [-0.39, 0.29) is 36.1 Å². The van der Waals surface area contributed by atoms with E-state index in [9.17, 15) is 14.4 Å². The van der Waals surface area contributed by atoms with Crippen molar-refractivity contribution in [2.24, 2.45) is 5.73 Å². The summed E-state index contributed by atoms with van der Waals surface area (Å²) in [6.07, 6.45) is 0. The molecule has 2 heterocycles. The summed E-state index contributed by atoms with van der Waals surface area (Å²) in [4.78, 5) is 40.6. The van der Waals surface area contributed by atoms with Gasteiger partial charge in [-0.15, -0.1) is 0 Å². The van der Waals surface area contributed by atoms with Crippen LogP contribution < -0.4 is 19.9 Å². The Morgan fingerprint density at radius 3 is 1.97 bits per heavy atom. The van der Waals surface area contributed by atoms with E-state index < -0.39 is 23.1 Å². The number of carbonyl (C=O) groups is 3. The highest BCUT2D eigenvalue weighted by Gasteiger charge is 2.49. The molecule has 0 spiro atoms. The number of rotatable bonds is 8. The summed E-state index contributed by atoms with van der Waals surface area (Å²) in [7, 11) is 4.38. The topological polar surface area (TPSA) is 127 Å². The Morgan fingerprint density at radius 1 is 0.971 bits per heavy atom. The number of amides is 1. The molecular formula is C23H28N2O8S. The highest BCUT2D eigenvalue weighted by molar-refractivity contribution is 8.04. The van der Waals surface area contributed by atoms with Gasteiger partial charge in [-0.1, -0.05) is 11.8 Å². The number of methoxy groups -OCH3 is 3. The summed E-state index contributed by atoms with van der Waals surface area (Å²) in [6, 6.07) is 3.25. The number of fused-ring (bicyclic) bond motifs is 1. The first-order valence-electron chi connectivity index (χ1n) is 10.6. The predicted octanol–water partition coefficient (Wildman–Crippen LogP) is 2.28. The Hall–Kier alpha value is -3.34. The van der Waals surface area contributed by atoms with Gasteiger partial charge in [-0.2, -0.15) is 0 Å². The van der Waals surface area contributed by atoms with E-state index >= 15 is 0 Å². The van der Waals surface area contributed by atoms with E-state index in [1.807, 2.05) is 0 Å². The quantitative estimate of drug-likeness (QED) is 0.540. The van der Waals surface area contributed by atoms with Gasteiger partial charge in [0.2, 0.25) is 11.7 Å². The maximum atomic E-state index is 13.3. The van der Waals surface area contributed by atoms with Crippen LogP contribution in [0, 0.1) is 0 Å². The average molecular weight is 493 g/mol. The van der Waals surface area contributed by atoms with Crippen LogP contribution in [-0.2, 0) is 23.9 Å². The molecule has 0 unspecified atom stereocenters. The Bertz CT molecular complexity index is 1060. The molecule has 3 rings (SSSR count). The molecule has 1 fully saturated rings. The summed E-state index contributed by atoms with van der Waals surface area (Å²) >= 11 is 1.18. The lowest BCUT2D eigenvalue weighted by Crippen LogP contribution is -2.40. The maximum Gasteiger partial charge on any atom is 0.338 e. The van der Waals surface area contributed by atoms with Gasteiger partial charge in [-0.3, -0.25) is 9.69 Å². The maximum absolute atomic E-state index is 13.3. The molecule has 2 aliphatic rings. The first kappa shape index (κ1) is 25.3. The van der Waals surface area contributed by atoms with Gasteiger partial charge in [-0.25, -0.2) is 9.59 Å². The third kappa shape index (κ3) is 4.15. The minimum atomic E-state index is -1.01. The van der Waals surface area contributed by atoms with Gasteiger partial charge in [0.15, 0.2) is 11.5 Å². The molecule has 1 saturated heterocycles. The Balaban J connectivity index is 2.38. The van der Waals surface area contributed by atoms with Crippen molar-refractivity contribution in [3.05, 3.63) is 39.7 Å². The molecule has 0 aromatic heterocycles. The first-order valence-corrected chi connectivity index (χ1v) is 11.5. The van der Waals surface area contributed by atoms with Crippen molar-refractivity contribution >= 4 is 29.6 Å².